The molecular weight excluding hydrogens is 340 g/mol. The van der Waals surface area contributed by atoms with Crippen LogP contribution in [0.4, 0.5) is 0 Å². The normalized spacial score (nSPS) is 13.8. The van der Waals surface area contributed by atoms with Crippen molar-refractivity contribution >= 4 is 23.4 Å². The fourth-order valence-electron chi connectivity index (χ4n) is 2.92. The van der Waals surface area contributed by atoms with Crippen molar-refractivity contribution in [3.63, 3.8) is 0 Å². The van der Waals surface area contributed by atoms with E-state index in [9.17, 15) is 9.59 Å². The molecule has 2 aromatic carbocycles. The number of rotatable bonds is 6. The highest BCUT2D eigenvalue weighted by atomic mass is 35.5. The molecule has 0 unspecified atom stereocenters. The highest BCUT2D eigenvalue weighted by Gasteiger charge is 2.21. The fourth-order valence-corrected chi connectivity index (χ4v) is 3.04. The van der Waals surface area contributed by atoms with Crippen LogP contribution in [-0.4, -0.2) is 24.5 Å². The quantitative estimate of drug-likeness (QED) is 0.578. The van der Waals surface area contributed by atoms with Gasteiger partial charge in [0.15, 0.2) is 12.7 Å². The number of hydrogen-bond donors (Lipinski definition) is 0. The minimum atomic E-state index is -0.847. The van der Waals surface area contributed by atoms with Crippen LogP contribution in [0.2, 0.25) is 5.02 Å². The largest absolute Gasteiger partial charge is 0.482 e. The Labute approximate surface area is 151 Å². The van der Waals surface area contributed by atoms with E-state index in [1.807, 2.05) is 12.1 Å². The van der Waals surface area contributed by atoms with Crippen LogP contribution in [-0.2, 0) is 22.4 Å². The molecule has 0 aromatic heterocycles. The van der Waals surface area contributed by atoms with Crippen LogP contribution in [0.15, 0.2) is 42.5 Å². The molecule has 1 atom stereocenters. The summed E-state index contributed by atoms with van der Waals surface area (Å²) in [7, 11) is 0. The zero-order chi connectivity index (χ0) is 17.8. The summed E-state index contributed by atoms with van der Waals surface area (Å²) >= 11 is 5.79. The number of carbonyl (C=O) groups excluding carboxylic acids is 2. The Morgan fingerprint density at radius 3 is 2.56 bits per heavy atom. The lowest BCUT2D eigenvalue weighted by Crippen LogP contribution is -2.27. The molecule has 0 saturated heterocycles. The first kappa shape index (κ1) is 17.5. The molecule has 25 heavy (non-hydrogen) atoms. The second-order valence-electron chi connectivity index (χ2n) is 6.08. The fraction of sp³-hybridized carbons (Fsp3) is 0.300. The van der Waals surface area contributed by atoms with E-state index in [1.165, 1.54) is 11.1 Å². The first-order chi connectivity index (χ1) is 12.0. The lowest BCUT2D eigenvalue weighted by molar-refractivity contribution is -0.148. The smallest absolute Gasteiger partial charge is 0.344 e. The molecule has 3 rings (SSSR count). The Morgan fingerprint density at radius 2 is 1.80 bits per heavy atom. The number of ether oxygens (including phenoxy) is 2. The van der Waals surface area contributed by atoms with Gasteiger partial charge in [-0.15, -0.1) is 0 Å². The van der Waals surface area contributed by atoms with Gasteiger partial charge in [-0.25, -0.2) is 4.79 Å². The lowest BCUT2D eigenvalue weighted by Gasteiger charge is -2.13. The second-order valence-corrected chi connectivity index (χ2v) is 6.51. The molecule has 0 heterocycles. The van der Waals surface area contributed by atoms with E-state index in [-0.39, 0.29) is 12.4 Å². The molecule has 0 saturated carbocycles. The Bertz CT molecular complexity index is 783. The average Bonchev–Trinajstić information content (AvgIpc) is 3.08. The molecule has 5 heteroatoms. The van der Waals surface area contributed by atoms with Gasteiger partial charge < -0.3 is 9.47 Å². The minimum Gasteiger partial charge on any atom is -0.482 e. The van der Waals surface area contributed by atoms with E-state index in [1.54, 1.807) is 37.3 Å². The van der Waals surface area contributed by atoms with Crippen molar-refractivity contribution < 1.29 is 19.1 Å². The average molecular weight is 359 g/mol. The predicted molar refractivity (Wildman–Crippen MR) is 95.3 cm³/mol. The molecule has 1 aliphatic rings. The number of halogens is 1. The van der Waals surface area contributed by atoms with Crippen molar-refractivity contribution in [2.24, 2.45) is 0 Å². The van der Waals surface area contributed by atoms with E-state index in [0.29, 0.717) is 16.3 Å². The standard InChI is InChI=1S/C20H19ClO4/c1-13(20(23)16-6-5-14-3-2-4-15(14)11-16)25-19(22)12-24-18-9-7-17(21)8-10-18/h5-11,13H,2-4,12H2,1H3/t13-/m1/s1. The van der Waals surface area contributed by atoms with Crippen LogP contribution in [0.3, 0.4) is 0 Å². The van der Waals surface area contributed by atoms with E-state index in [4.69, 9.17) is 21.1 Å². The first-order valence-electron chi connectivity index (χ1n) is 8.27. The SMILES string of the molecule is C[C@@H](OC(=O)COc1ccc(Cl)cc1)C(=O)c1ccc2c(c1)CCC2. The van der Waals surface area contributed by atoms with Gasteiger partial charge in [0.05, 0.1) is 0 Å². The molecule has 4 nitrogen and oxygen atoms in total. The number of carbonyl (C=O) groups is 2. The maximum Gasteiger partial charge on any atom is 0.344 e. The van der Waals surface area contributed by atoms with Crippen molar-refractivity contribution in [2.75, 3.05) is 6.61 Å². The Morgan fingerprint density at radius 1 is 1.08 bits per heavy atom. The predicted octanol–water partition coefficient (Wildman–Crippen LogP) is 4.02. The van der Waals surface area contributed by atoms with E-state index >= 15 is 0 Å². The molecule has 0 amide bonds. The van der Waals surface area contributed by atoms with Crippen LogP contribution in [0.1, 0.15) is 34.8 Å². The van der Waals surface area contributed by atoms with Crippen molar-refractivity contribution in [1.82, 2.24) is 0 Å². The van der Waals surface area contributed by atoms with Gasteiger partial charge >= 0.3 is 5.97 Å². The van der Waals surface area contributed by atoms with Gasteiger partial charge in [-0.05, 0) is 67.6 Å². The van der Waals surface area contributed by atoms with E-state index < -0.39 is 12.1 Å². The van der Waals surface area contributed by atoms with Crippen molar-refractivity contribution in [1.29, 1.82) is 0 Å². The third-order valence-electron chi connectivity index (χ3n) is 4.23. The molecule has 0 fully saturated rings. The summed E-state index contributed by atoms with van der Waals surface area (Å²) in [4.78, 5) is 24.4. The van der Waals surface area contributed by atoms with Crippen molar-refractivity contribution in [3.05, 3.63) is 64.2 Å². The molecule has 130 valence electrons. The number of benzene rings is 2. The maximum absolute atomic E-state index is 12.5. The Hall–Kier alpha value is -2.33. The molecule has 0 radical (unpaired) electrons. The Balaban J connectivity index is 1.54. The van der Waals surface area contributed by atoms with Gasteiger partial charge in [-0.2, -0.15) is 0 Å². The maximum atomic E-state index is 12.5. The summed E-state index contributed by atoms with van der Waals surface area (Å²) in [6, 6.07) is 12.4. The van der Waals surface area contributed by atoms with Gasteiger partial charge in [0.1, 0.15) is 5.75 Å². The highest BCUT2D eigenvalue weighted by molar-refractivity contribution is 6.30. The summed E-state index contributed by atoms with van der Waals surface area (Å²) < 4.78 is 10.5. The number of aryl methyl sites for hydroxylation is 2. The summed E-state index contributed by atoms with van der Waals surface area (Å²) in [5, 5.41) is 0.587. The summed E-state index contributed by atoms with van der Waals surface area (Å²) in [6.07, 6.45) is 2.34. The van der Waals surface area contributed by atoms with Gasteiger partial charge in [0, 0.05) is 10.6 Å². The van der Waals surface area contributed by atoms with Gasteiger partial charge in [-0.1, -0.05) is 23.7 Å². The van der Waals surface area contributed by atoms with Crippen LogP contribution < -0.4 is 4.74 Å². The third-order valence-corrected chi connectivity index (χ3v) is 4.48. The number of Topliss-reactive ketones (excluding diaryl/α,β-unsaturated/α-hetero) is 1. The first-order valence-corrected chi connectivity index (χ1v) is 8.64. The zero-order valence-corrected chi connectivity index (χ0v) is 14.7. The monoisotopic (exact) mass is 358 g/mol. The van der Waals surface area contributed by atoms with E-state index in [0.717, 1.165) is 19.3 Å². The third kappa shape index (κ3) is 4.40. The molecule has 0 spiro atoms. The van der Waals surface area contributed by atoms with Crippen LogP contribution in [0.25, 0.3) is 0 Å². The highest BCUT2D eigenvalue weighted by Crippen LogP contribution is 2.23. The lowest BCUT2D eigenvalue weighted by atomic mass is 10.0. The zero-order valence-electron chi connectivity index (χ0n) is 14.0. The number of hydrogen-bond acceptors (Lipinski definition) is 4. The summed E-state index contributed by atoms with van der Waals surface area (Å²) in [6.45, 7) is 1.32. The molecule has 0 N–H and O–H groups in total. The van der Waals surface area contributed by atoms with Gasteiger partial charge in [0.2, 0.25) is 5.78 Å². The molecule has 1 aliphatic carbocycles. The second kappa shape index (κ2) is 7.70. The molecule has 2 aromatic rings. The number of fused-ring (bicyclic) bond motifs is 1. The van der Waals surface area contributed by atoms with Crippen molar-refractivity contribution in [3.8, 4) is 5.75 Å². The minimum absolute atomic E-state index is 0.199. The summed E-state index contributed by atoms with van der Waals surface area (Å²) in [5.41, 5.74) is 3.10. The molecular formula is C20H19ClO4. The topological polar surface area (TPSA) is 52.6 Å². The Kier molecular flexibility index (Phi) is 5.39. The molecule has 0 bridgehead atoms. The molecule has 0 aliphatic heterocycles. The van der Waals surface area contributed by atoms with Crippen LogP contribution >= 0.6 is 11.6 Å². The van der Waals surface area contributed by atoms with E-state index in [2.05, 4.69) is 0 Å². The van der Waals surface area contributed by atoms with Crippen LogP contribution in [0, 0.1) is 0 Å². The van der Waals surface area contributed by atoms with Gasteiger partial charge in [-0.3, -0.25) is 4.79 Å². The van der Waals surface area contributed by atoms with Crippen molar-refractivity contribution in [2.45, 2.75) is 32.3 Å². The number of ketones is 1. The van der Waals surface area contributed by atoms with Gasteiger partial charge in [0.25, 0.3) is 0 Å². The summed E-state index contributed by atoms with van der Waals surface area (Å²) in [5.74, 6) is -0.273. The van der Waals surface area contributed by atoms with Crippen LogP contribution in [0.5, 0.6) is 5.75 Å². The number of esters is 1.